The first-order valence-corrected chi connectivity index (χ1v) is 7.19. The molecule has 0 aliphatic heterocycles. The molecule has 3 heteroatoms. The molecule has 17 heavy (non-hydrogen) atoms. The Labute approximate surface area is 110 Å². The van der Waals surface area contributed by atoms with Crippen LogP contribution in [-0.4, -0.2) is 6.04 Å². The van der Waals surface area contributed by atoms with Gasteiger partial charge in [-0.2, -0.15) is 11.3 Å². The Morgan fingerprint density at radius 2 is 2.12 bits per heavy atom. The van der Waals surface area contributed by atoms with Gasteiger partial charge in [-0.05, 0) is 58.5 Å². The van der Waals surface area contributed by atoms with E-state index in [9.17, 15) is 0 Å². The molecule has 1 aliphatic rings. The summed E-state index contributed by atoms with van der Waals surface area (Å²) in [5.74, 6) is 0. The highest BCUT2D eigenvalue weighted by Crippen LogP contribution is 2.27. The Hall–Kier alpha value is -0.830. The fourth-order valence-corrected chi connectivity index (χ4v) is 2.71. The zero-order chi connectivity index (χ0) is 11.7. The van der Waals surface area contributed by atoms with Gasteiger partial charge in [0.2, 0.25) is 0 Å². The Kier molecular flexibility index (Phi) is 3.19. The van der Waals surface area contributed by atoms with Gasteiger partial charge < -0.3 is 5.32 Å². The van der Waals surface area contributed by atoms with Crippen molar-refractivity contribution in [2.75, 3.05) is 0 Å². The number of thiophene rings is 1. The van der Waals surface area contributed by atoms with Crippen molar-refractivity contribution in [3.05, 3.63) is 45.6 Å². The molecule has 1 aromatic carbocycles. The van der Waals surface area contributed by atoms with E-state index >= 15 is 0 Å². The summed E-state index contributed by atoms with van der Waals surface area (Å²) < 4.78 is 0. The number of benzene rings is 1. The number of halogens is 1. The third-order valence-corrected chi connectivity index (χ3v) is 4.11. The monoisotopic (exact) mass is 263 g/mol. The van der Waals surface area contributed by atoms with E-state index in [0.29, 0.717) is 0 Å². The maximum absolute atomic E-state index is 6.22. The van der Waals surface area contributed by atoms with Crippen LogP contribution in [0.4, 0.5) is 0 Å². The van der Waals surface area contributed by atoms with Crippen LogP contribution in [0.1, 0.15) is 18.4 Å². The van der Waals surface area contributed by atoms with Crippen molar-refractivity contribution in [1.29, 1.82) is 0 Å². The average Bonchev–Trinajstić information content (AvgIpc) is 3.00. The quantitative estimate of drug-likeness (QED) is 0.866. The number of rotatable bonds is 4. The predicted molar refractivity (Wildman–Crippen MR) is 74.6 cm³/mol. The summed E-state index contributed by atoms with van der Waals surface area (Å²) >= 11 is 7.95. The van der Waals surface area contributed by atoms with Crippen molar-refractivity contribution in [1.82, 2.24) is 5.32 Å². The van der Waals surface area contributed by atoms with E-state index in [2.05, 4.69) is 34.3 Å². The fraction of sp³-hybridized carbons (Fsp3) is 0.286. The van der Waals surface area contributed by atoms with Crippen LogP contribution in [0.2, 0.25) is 5.02 Å². The second-order valence-electron chi connectivity index (χ2n) is 4.47. The smallest absolute Gasteiger partial charge is 0.0451 e. The first-order chi connectivity index (χ1) is 8.33. The van der Waals surface area contributed by atoms with Crippen LogP contribution in [0, 0.1) is 0 Å². The lowest BCUT2D eigenvalue weighted by Crippen LogP contribution is -2.15. The fourth-order valence-electron chi connectivity index (χ4n) is 1.86. The summed E-state index contributed by atoms with van der Waals surface area (Å²) in [7, 11) is 0. The van der Waals surface area contributed by atoms with Gasteiger partial charge in [0, 0.05) is 17.6 Å². The zero-order valence-electron chi connectivity index (χ0n) is 9.45. The second kappa shape index (κ2) is 4.81. The third-order valence-electron chi connectivity index (χ3n) is 3.06. The average molecular weight is 264 g/mol. The Balaban J connectivity index is 1.83. The standard InChI is InChI=1S/C14H14ClNS/c15-14-4-1-10(11-5-6-17-9-11)7-12(14)8-16-13-2-3-13/h1,4-7,9,13,16H,2-3,8H2. The van der Waals surface area contributed by atoms with Gasteiger partial charge in [-0.15, -0.1) is 0 Å². The van der Waals surface area contributed by atoms with Crippen LogP contribution in [-0.2, 0) is 6.54 Å². The molecule has 1 nitrogen and oxygen atoms in total. The molecule has 1 saturated carbocycles. The molecule has 2 aromatic rings. The molecule has 0 amide bonds. The molecule has 0 bridgehead atoms. The highest BCUT2D eigenvalue weighted by molar-refractivity contribution is 7.08. The van der Waals surface area contributed by atoms with Crippen LogP contribution in [0.3, 0.4) is 0 Å². The van der Waals surface area contributed by atoms with Crippen molar-refractivity contribution < 1.29 is 0 Å². The summed E-state index contributed by atoms with van der Waals surface area (Å²) in [4.78, 5) is 0. The summed E-state index contributed by atoms with van der Waals surface area (Å²) in [6.07, 6.45) is 2.61. The van der Waals surface area contributed by atoms with Gasteiger partial charge in [-0.3, -0.25) is 0 Å². The lowest BCUT2D eigenvalue weighted by Gasteiger charge is -2.08. The highest BCUT2D eigenvalue weighted by Gasteiger charge is 2.20. The Morgan fingerprint density at radius 1 is 1.24 bits per heavy atom. The van der Waals surface area contributed by atoms with E-state index < -0.39 is 0 Å². The van der Waals surface area contributed by atoms with Crippen LogP contribution >= 0.6 is 22.9 Å². The first-order valence-electron chi connectivity index (χ1n) is 5.87. The van der Waals surface area contributed by atoms with E-state index in [0.717, 1.165) is 17.6 Å². The number of nitrogens with one attached hydrogen (secondary N) is 1. The predicted octanol–water partition coefficient (Wildman–Crippen LogP) is 4.32. The van der Waals surface area contributed by atoms with Crippen LogP contribution < -0.4 is 5.32 Å². The van der Waals surface area contributed by atoms with Crippen LogP contribution in [0.5, 0.6) is 0 Å². The Morgan fingerprint density at radius 3 is 2.82 bits per heavy atom. The minimum absolute atomic E-state index is 0.718. The van der Waals surface area contributed by atoms with Crippen molar-refractivity contribution in [3.63, 3.8) is 0 Å². The molecular weight excluding hydrogens is 250 g/mol. The van der Waals surface area contributed by atoms with Crippen molar-refractivity contribution in [2.24, 2.45) is 0 Å². The molecule has 0 spiro atoms. The lowest BCUT2D eigenvalue weighted by atomic mass is 10.1. The maximum Gasteiger partial charge on any atom is 0.0451 e. The van der Waals surface area contributed by atoms with Crippen molar-refractivity contribution in [3.8, 4) is 11.1 Å². The van der Waals surface area contributed by atoms with Gasteiger partial charge in [-0.25, -0.2) is 0 Å². The van der Waals surface area contributed by atoms with Crippen LogP contribution in [0.25, 0.3) is 11.1 Å². The van der Waals surface area contributed by atoms with Gasteiger partial charge in [0.05, 0.1) is 0 Å². The molecule has 0 unspecified atom stereocenters. The molecule has 0 saturated heterocycles. The van der Waals surface area contributed by atoms with E-state index in [1.807, 2.05) is 6.07 Å². The Bertz CT molecular complexity index is 503. The first kappa shape index (κ1) is 11.3. The van der Waals surface area contributed by atoms with Gasteiger partial charge in [0.1, 0.15) is 0 Å². The van der Waals surface area contributed by atoms with Gasteiger partial charge in [0.25, 0.3) is 0 Å². The maximum atomic E-state index is 6.22. The minimum Gasteiger partial charge on any atom is -0.310 e. The van der Waals surface area contributed by atoms with Crippen molar-refractivity contribution >= 4 is 22.9 Å². The normalized spacial score (nSPS) is 15.1. The zero-order valence-corrected chi connectivity index (χ0v) is 11.0. The van der Waals surface area contributed by atoms with E-state index in [1.165, 1.54) is 29.5 Å². The summed E-state index contributed by atoms with van der Waals surface area (Å²) in [5, 5.41) is 8.63. The minimum atomic E-state index is 0.718. The molecule has 1 fully saturated rings. The summed E-state index contributed by atoms with van der Waals surface area (Å²) in [6.45, 7) is 0.876. The summed E-state index contributed by atoms with van der Waals surface area (Å²) in [6, 6.07) is 9.14. The molecule has 88 valence electrons. The molecule has 1 aromatic heterocycles. The molecule has 1 aliphatic carbocycles. The van der Waals surface area contributed by atoms with Crippen molar-refractivity contribution in [2.45, 2.75) is 25.4 Å². The van der Waals surface area contributed by atoms with Gasteiger partial charge in [-0.1, -0.05) is 17.7 Å². The van der Waals surface area contributed by atoms with Crippen LogP contribution in [0.15, 0.2) is 35.0 Å². The number of hydrogen-bond donors (Lipinski definition) is 1. The van der Waals surface area contributed by atoms with Gasteiger partial charge in [0.15, 0.2) is 0 Å². The molecule has 1 N–H and O–H groups in total. The number of hydrogen-bond acceptors (Lipinski definition) is 2. The molecule has 1 heterocycles. The molecule has 0 radical (unpaired) electrons. The van der Waals surface area contributed by atoms with E-state index in [4.69, 9.17) is 11.6 Å². The second-order valence-corrected chi connectivity index (χ2v) is 5.66. The molecular formula is C14H14ClNS. The topological polar surface area (TPSA) is 12.0 Å². The largest absolute Gasteiger partial charge is 0.310 e. The van der Waals surface area contributed by atoms with E-state index in [1.54, 1.807) is 11.3 Å². The third kappa shape index (κ3) is 2.71. The SMILES string of the molecule is Clc1ccc(-c2ccsc2)cc1CNC1CC1. The highest BCUT2D eigenvalue weighted by atomic mass is 35.5. The molecule has 0 atom stereocenters. The molecule has 3 rings (SSSR count). The van der Waals surface area contributed by atoms with E-state index in [-0.39, 0.29) is 0 Å². The lowest BCUT2D eigenvalue weighted by molar-refractivity contribution is 0.688. The van der Waals surface area contributed by atoms with Gasteiger partial charge >= 0.3 is 0 Å². The summed E-state index contributed by atoms with van der Waals surface area (Å²) in [5.41, 5.74) is 3.73.